The Morgan fingerprint density at radius 3 is 2.88 bits per heavy atom. The van der Waals surface area contributed by atoms with Crippen molar-refractivity contribution in [1.82, 2.24) is 5.48 Å². The monoisotopic (exact) mass is 229 g/mol. The SMILES string of the molecule is C=CCCC[C@H](CNOCCCC)C(=O)O. The van der Waals surface area contributed by atoms with Crippen molar-refractivity contribution >= 4 is 5.97 Å². The van der Waals surface area contributed by atoms with E-state index in [1.165, 1.54) is 0 Å². The third kappa shape index (κ3) is 8.44. The fourth-order valence-electron chi connectivity index (χ4n) is 1.27. The summed E-state index contributed by atoms with van der Waals surface area (Å²) in [4.78, 5) is 16.0. The van der Waals surface area contributed by atoms with Crippen LogP contribution < -0.4 is 5.48 Å². The van der Waals surface area contributed by atoms with Gasteiger partial charge in [-0.05, 0) is 25.7 Å². The van der Waals surface area contributed by atoms with Crippen LogP contribution in [0, 0.1) is 5.92 Å². The zero-order valence-corrected chi connectivity index (χ0v) is 10.1. The summed E-state index contributed by atoms with van der Waals surface area (Å²) in [6.07, 6.45) is 6.25. The van der Waals surface area contributed by atoms with Crippen LogP contribution in [-0.2, 0) is 9.63 Å². The van der Waals surface area contributed by atoms with E-state index in [9.17, 15) is 4.79 Å². The number of rotatable bonds is 11. The first kappa shape index (κ1) is 15.1. The lowest BCUT2D eigenvalue weighted by molar-refractivity contribution is -0.142. The molecule has 0 radical (unpaired) electrons. The molecule has 0 bridgehead atoms. The lowest BCUT2D eigenvalue weighted by atomic mass is 10.0. The number of carboxylic acid groups (broad SMARTS) is 1. The van der Waals surface area contributed by atoms with Crippen LogP contribution in [0.25, 0.3) is 0 Å². The van der Waals surface area contributed by atoms with E-state index < -0.39 is 5.97 Å². The molecule has 4 heteroatoms. The van der Waals surface area contributed by atoms with E-state index in [0.717, 1.165) is 25.7 Å². The molecule has 0 heterocycles. The fourth-order valence-corrected chi connectivity index (χ4v) is 1.27. The topological polar surface area (TPSA) is 58.6 Å². The van der Waals surface area contributed by atoms with Gasteiger partial charge in [-0.2, -0.15) is 0 Å². The van der Waals surface area contributed by atoms with Crippen molar-refractivity contribution in [2.75, 3.05) is 13.2 Å². The predicted octanol–water partition coefficient (Wildman–Crippen LogP) is 2.36. The molecule has 0 aromatic carbocycles. The van der Waals surface area contributed by atoms with Gasteiger partial charge in [-0.1, -0.05) is 19.4 Å². The van der Waals surface area contributed by atoms with Gasteiger partial charge in [0.05, 0.1) is 12.5 Å². The minimum atomic E-state index is -0.768. The van der Waals surface area contributed by atoms with Gasteiger partial charge in [-0.3, -0.25) is 4.79 Å². The highest BCUT2D eigenvalue weighted by atomic mass is 16.6. The van der Waals surface area contributed by atoms with Gasteiger partial charge in [-0.25, -0.2) is 5.48 Å². The molecule has 0 saturated heterocycles. The molecule has 0 unspecified atom stereocenters. The van der Waals surface area contributed by atoms with Crippen molar-refractivity contribution in [3.05, 3.63) is 12.7 Å². The van der Waals surface area contributed by atoms with Crippen LogP contribution in [-0.4, -0.2) is 24.2 Å². The Morgan fingerprint density at radius 2 is 2.31 bits per heavy atom. The first-order chi connectivity index (χ1) is 7.72. The molecule has 0 aliphatic rings. The molecule has 0 aliphatic heterocycles. The van der Waals surface area contributed by atoms with Crippen LogP contribution in [0.2, 0.25) is 0 Å². The summed E-state index contributed by atoms with van der Waals surface area (Å²) in [6, 6.07) is 0. The van der Waals surface area contributed by atoms with Crippen LogP contribution in [0.4, 0.5) is 0 Å². The van der Waals surface area contributed by atoms with E-state index in [0.29, 0.717) is 19.6 Å². The maximum Gasteiger partial charge on any atom is 0.307 e. The summed E-state index contributed by atoms with van der Waals surface area (Å²) in [5.74, 6) is -1.14. The van der Waals surface area contributed by atoms with Crippen molar-refractivity contribution in [2.45, 2.75) is 39.0 Å². The minimum absolute atomic E-state index is 0.371. The van der Waals surface area contributed by atoms with Gasteiger partial charge in [-0.15, -0.1) is 6.58 Å². The molecule has 0 aromatic rings. The molecule has 0 spiro atoms. The molecule has 0 aromatic heterocycles. The summed E-state index contributed by atoms with van der Waals surface area (Å²) < 4.78 is 0. The Kier molecular flexibility index (Phi) is 10.1. The number of allylic oxidation sites excluding steroid dienone is 1. The van der Waals surface area contributed by atoms with Gasteiger partial charge in [0, 0.05) is 6.54 Å². The maximum absolute atomic E-state index is 10.9. The van der Waals surface area contributed by atoms with Crippen LogP contribution in [0.3, 0.4) is 0 Å². The average Bonchev–Trinajstić information content (AvgIpc) is 2.26. The fraction of sp³-hybridized carbons (Fsp3) is 0.750. The first-order valence-corrected chi connectivity index (χ1v) is 5.90. The van der Waals surface area contributed by atoms with E-state index in [4.69, 9.17) is 9.94 Å². The normalized spacial score (nSPS) is 12.3. The van der Waals surface area contributed by atoms with Gasteiger partial charge >= 0.3 is 5.97 Å². The highest BCUT2D eigenvalue weighted by Crippen LogP contribution is 2.08. The smallest absolute Gasteiger partial charge is 0.307 e. The van der Waals surface area contributed by atoms with E-state index in [2.05, 4.69) is 19.0 Å². The van der Waals surface area contributed by atoms with Gasteiger partial charge in [0.1, 0.15) is 0 Å². The number of aliphatic carboxylic acids is 1. The number of hydrogen-bond acceptors (Lipinski definition) is 3. The number of hydrogen-bond donors (Lipinski definition) is 2. The van der Waals surface area contributed by atoms with Crippen LogP contribution in [0.5, 0.6) is 0 Å². The van der Waals surface area contributed by atoms with Crippen molar-refractivity contribution in [2.24, 2.45) is 5.92 Å². The molecule has 0 aliphatic carbocycles. The molecule has 2 N–H and O–H groups in total. The van der Waals surface area contributed by atoms with Crippen LogP contribution >= 0.6 is 0 Å². The third-order valence-corrected chi connectivity index (χ3v) is 2.34. The number of unbranched alkanes of at least 4 members (excludes halogenated alkanes) is 2. The summed E-state index contributed by atoms with van der Waals surface area (Å²) in [5, 5.41) is 8.95. The van der Waals surface area contributed by atoms with E-state index >= 15 is 0 Å². The van der Waals surface area contributed by atoms with Gasteiger partial charge in [0.15, 0.2) is 0 Å². The van der Waals surface area contributed by atoms with E-state index in [1.54, 1.807) is 0 Å². The molecule has 0 fully saturated rings. The van der Waals surface area contributed by atoms with E-state index in [-0.39, 0.29) is 5.92 Å². The molecule has 16 heavy (non-hydrogen) atoms. The quantitative estimate of drug-likeness (QED) is 0.324. The zero-order chi connectivity index (χ0) is 12.2. The summed E-state index contributed by atoms with van der Waals surface area (Å²) in [6.45, 7) is 6.70. The third-order valence-electron chi connectivity index (χ3n) is 2.34. The van der Waals surface area contributed by atoms with Crippen molar-refractivity contribution in [1.29, 1.82) is 0 Å². The second-order valence-corrected chi connectivity index (χ2v) is 3.81. The summed E-state index contributed by atoms with van der Waals surface area (Å²) in [7, 11) is 0. The lowest BCUT2D eigenvalue weighted by Crippen LogP contribution is -2.29. The van der Waals surface area contributed by atoms with Crippen LogP contribution in [0.15, 0.2) is 12.7 Å². The lowest BCUT2D eigenvalue weighted by Gasteiger charge is -2.12. The average molecular weight is 229 g/mol. The van der Waals surface area contributed by atoms with Crippen molar-refractivity contribution in [3.63, 3.8) is 0 Å². The molecule has 0 amide bonds. The summed E-state index contributed by atoms with van der Waals surface area (Å²) in [5.41, 5.74) is 2.72. The Labute approximate surface area is 97.6 Å². The Morgan fingerprint density at radius 1 is 1.56 bits per heavy atom. The number of hydroxylamine groups is 1. The first-order valence-electron chi connectivity index (χ1n) is 5.90. The molecule has 1 atom stereocenters. The maximum atomic E-state index is 10.9. The molecule has 94 valence electrons. The largest absolute Gasteiger partial charge is 0.481 e. The highest BCUT2D eigenvalue weighted by molar-refractivity contribution is 5.70. The second-order valence-electron chi connectivity index (χ2n) is 3.81. The van der Waals surface area contributed by atoms with E-state index in [1.807, 2.05) is 6.08 Å². The number of nitrogens with one attached hydrogen (secondary N) is 1. The molecule has 4 nitrogen and oxygen atoms in total. The van der Waals surface area contributed by atoms with Gasteiger partial charge < -0.3 is 9.94 Å². The Bertz CT molecular complexity index is 195. The standard InChI is InChI=1S/C12H23NO3/c1-3-5-7-8-11(12(14)15)10-13-16-9-6-4-2/h3,11,13H,1,4-10H2,2H3,(H,14,15)/t11-/m1/s1. The zero-order valence-electron chi connectivity index (χ0n) is 10.1. The number of carbonyl (C=O) groups is 1. The Balaban J connectivity index is 3.60. The van der Waals surface area contributed by atoms with Gasteiger partial charge in [0.25, 0.3) is 0 Å². The highest BCUT2D eigenvalue weighted by Gasteiger charge is 2.16. The molecular formula is C12H23NO3. The second kappa shape index (κ2) is 10.6. The van der Waals surface area contributed by atoms with Crippen molar-refractivity contribution < 1.29 is 14.7 Å². The minimum Gasteiger partial charge on any atom is -0.481 e. The Hall–Kier alpha value is -0.870. The molecular weight excluding hydrogens is 206 g/mol. The predicted molar refractivity (Wildman–Crippen MR) is 64.0 cm³/mol. The van der Waals surface area contributed by atoms with Crippen LogP contribution in [0.1, 0.15) is 39.0 Å². The van der Waals surface area contributed by atoms with Gasteiger partial charge in [0.2, 0.25) is 0 Å². The molecule has 0 saturated carbocycles. The molecule has 0 rings (SSSR count). The van der Waals surface area contributed by atoms with Crippen molar-refractivity contribution in [3.8, 4) is 0 Å². The number of carboxylic acids is 1. The summed E-state index contributed by atoms with van der Waals surface area (Å²) >= 11 is 0.